The summed E-state index contributed by atoms with van der Waals surface area (Å²) in [6, 6.07) is 16.3. The van der Waals surface area contributed by atoms with Crippen molar-refractivity contribution >= 4 is 21.8 Å². The van der Waals surface area contributed by atoms with Crippen LogP contribution in [0.15, 0.2) is 53.0 Å². The highest BCUT2D eigenvalue weighted by atomic mass is 79.9. The Morgan fingerprint density at radius 3 is 2.69 bits per heavy atom. The molecule has 2 aromatic carbocycles. The van der Waals surface area contributed by atoms with Crippen LogP contribution >= 0.6 is 15.9 Å². The van der Waals surface area contributed by atoms with Gasteiger partial charge in [0.25, 0.3) is 5.91 Å². The summed E-state index contributed by atoms with van der Waals surface area (Å²) in [4.78, 5) is 15.4. The van der Waals surface area contributed by atoms with Gasteiger partial charge in [-0.25, -0.2) is 4.68 Å². The number of nitrogens with one attached hydrogen (secondary N) is 1. The molecule has 1 aromatic heterocycles. The molecule has 1 atom stereocenters. The maximum absolute atomic E-state index is 13.0. The molecule has 1 aliphatic heterocycles. The highest BCUT2D eigenvalue weighted by Crippen LogP contribution is 2.20. The topological polar surface area (TPSA) is 59.4 Å². The van der Waals surface area contributed by atoms with Gasteiger partial charge in [0.1, 0.15) is 0 Å². The number of morpholine rings is 1. The first-order valence-electron chi connectivity index (χ1n) is 10.9. The highest BCUT2D eigenvalue weighted by molar-refractivity contribution is 9.10. The van der Waals surface area contributed by atoms with Crippen LogP contribution in [-0.4, -0.2) is 46.4 Å². The van der Waals surface area contributed by atoms with E-state index in [4.69, 9.17) is 4.74 Å². The number of amides is 1. The van der Waals surface area contributed by atoms with Gasteiger partial charge in [-0.15, -0.1) is 0 Å². The number of aromatic nitrogens is 2. The van der Waals surface area contributed by atoms with Gasteiger partial charge in [-0.2, -0.15) is 5.10 Å². The number of rotatable bonds is 6. The predicted molar refractivity (Wildman–Crippen MR) is 129 cm³/mol. The summed E-state index contributed by atoms with van der Waals surface area (Å²) in [5, 5.41) is 7.67. The second-order valence-electron chi connectivity index (χ2n) is 8.35. The van der Waals surface area contributed by atoms with Crippen LogP contribution in [0, 0.1) is 13.8 Å². The molecule has 4 rings (SSSR count). The predicted octanol–water partition coefficient (Wildman–Crippen LogP) is 4.40. The van der Waals surface area contributed by atoms with Gasteiger partial charge in [0.2, 0.25) is 0 Å². The SMILES string of the molecule is Cc1nn(-c2ccc(Br)cc2)c(C)c1C(=O)NCc1cccc(CN2CCOC(C)C2)c1. The lowest BCUT2D eigenvalue weighted by atomic mass is 10.1. The Labute approximate surface area is 197 Å². The molecule has 32 heavy (non-hydrogen) atoms. The lowest BCUT2D eigenvalue weighted by Crippen LogP contribution is -2.40. The zero-order valence-electron chi connectivity index (χ0n) is 18.8. The van der Waals surface area contributed by atoms with E-state index in [0.29, 0.717) is 12.1 Å². The van der Waals surface area contributed by atoms with E-state index in [2.05, 4.69) is 62.4 Å². The minimum Gasteiger partial charge on any atom is -0.376 e. The van der Waals surface area contributed by atoms with Crippen molar-refractivity contribution in [1.82, 2.24) is 20.0 Å². The summed E-state index contributed by atoms with van der Waals surface area (Å²) in [5.41, 5.74) is 5.45. The minimum absolute atomic E-state index is 0.101. The molecular formula is C25H29BrN4O2. The van der Waals surface area contributed by atoms with Crippen molar-refractivity contribution in [3.8, 4) is 5.69 Å². The standard InChI is InChI=1S/C25H29BrN4O2/c1-17-15-29(11-12-32-17)16-21-6-4-5-20(13-21)14-27-25(31)24-18(2)28-30(19(24)3)23-9-7-22(26)8-10-23/h4-10,13,17H,11-12,14-16H2,1-3H3,(H,27,31). The van der Waals surface area contributed by atoms with Gasteiger partial charge in [-0.05, 0) is 56.2 Å². The molecule has 1 saturated heterocycles. The highest BCUT2D eigenvalue weighted by Gasteiger charge is 2.20. The largest absolute Gasteiger partial charge is 0.376 e. The Bertz CT molecular complexity index is 1090. The number of hydrogen-bond donors (Lipinski definition) is 1. The summed E-state index contributed by atoms with van der Waals surface area (Å²) < 4.78 is 8.46. The molecule has 0 bridgehead atoms. The maximum Gasteiger partial charge on any atom is 0.255 e. The minimum atomic E-state index is -0.101. The fraction of sp³-hybridized carbons (Fsp3) is 0.360. The third-order valence-electron chi connectivity index (χ3n) is 5.77. The van der Waals surface area contributed by atoms with Gasteiger partial charge in [-0.3, -0.25) is 9.69 Å². The Kier molecular flexibility index (Phi) is 7.08. The summed E-state index contributed by atoms with van der Waals surface area (Å²) in [6.45, 7) is 9.98. The van der Waals surface area contributed by atoms with E-state index >= 15 is 0 Å². The molecule has 1 fully saturated rings. The molecule has 0 saturated carbocycles. The van der Waals surface area contributed by atoms with Crippen molar-refractivity contribution in [3.63, 3.8) is 0 Å². The average Bonchev–Trinajstić information content (AvgIpc) is 3.07. The molecule has 1 N–H and O–H groups in total. The summed E-state index contributed by atoms with van der Waals surface area (Å²) in [6.07, 6.45) is 0.274. The van der Waals surface area contributed by atoms with E-state index in [1.807, 2.05) is 42.8 Å². The molecular weight excluding hydrogens is 468 g/mol. The van der Waals surface area contributed by atoms with Gasteiger partial charge in [0.05, 0.1) is 35.3 Å². The third kappa shape index (κ3) is 5.28. The fourth-order valence-corrected chi connectivity index (χ4v) is 4.47. The quantitative estimate of drug-likeness (QED) is 0.549. The molecule has 1 aliphatic rings. The number of hydrogen-bond acceptors (Lipinski definition) is 4. The molecule has 3 aromatic rings. The zero-order chi connectivity index (χ0) is 22.7. The van der Waals surface area contributed by atoms with Gasteiger partial charge in [0.15, 0.2) is 0 Å². The normalized spacial score (nSPS) is 16.8. The molecule has 1 amide bonds. The van der Waals surface area contributed by atoms with Crippen molar-refractivity contribution in [1.29, 1.82) is 0 Å². The van der Waals surface area contributed by atoms with Gasteiger partial charge in [0, 0.05) is 30.7 Å². The van der Waals surface area contributed by atoms with Crippen LogP contribution in [0.4, 0.5) is 0 Å². The Morgan fingerprint density at radius 2 is 1.94 bits per heavy atom. The first-order chi connectivity index (χ1) is 15.4. The Morgan fingerprint density at radius 1 is 1.19 bits per heavy atom. The van der Waals surface area contributed by atoms with Crippen LogP contribution in [-0.2, 0) is 17.8 Å². The van der Waals surface area contributed by atoms with E-state index < -0.39 is 0 Å². The summed E-state index contributed by atoms with van der Waals surface area (Å²) >= 11 is 3.46. The average molecular weight is 497 g/mol. The zero-order valence-corrected chi connectivity index (χ0v) is 20.4. The van der Waals surface area contributed by atoms with E-state index in [0.717, 1.165) is 53.4 Å². The Balaban J connectivity index is 1.42. The van der Waals surface area contributed by atoms with Crippen LogP contribution < -0.4 is 5.32 Å². The van der Waals surface area contributed by atoms with Crippen LogP contribution in [0.2, 0.25) is 0 Å². The molecule has 0 spiro atoms. The van der Waals surface area contributed by atoms with Gasteiger partial charge in [-0.1, -0.05) is 40.2 Å². The van der Waals surface area contributed by atoms with Crippen molar-refractivity contribution in [2.75, 3.05) is 19.7 Å². The molecule has 0 aliphatic carbocycles. The van der Waals surface area contributed by atoms with Crippen LogP contribution in [0.1, 0.15) is 39.8 Å². The molecule has 168 valence electrons. The van der Waals surface area contributed by atoms with E-state index in [1.54, 1.807) is 0 Å². The number of carbonyl (C=O) groups excluding carboxylic acids is 1. The molecule has 2 heterocycles. The molecule has 1 unspecified atom stereocenters. The van der Waals surface area contributed by atoms with E-state index in [1.165, 1.54) is 5.56 Å². The van der Waals surface area contributed by atoms with Crippen molar-refractivity contribution in [2.24, 2.45) is 0 Å². The summed E-state index contributed by atoms with van der Waals surface area (Å²) in [5.74, 6) is -0.101. The number of carbonyl (C=O) groups is 1. The second-order valence-corrected chi connectivity index (χ2v) is 9.27. The van der Waals surface area contributed by atoms with E-state index in [9.17, 15) is 4.79 Å². The lowest BCUT2D eigenvalue weighted by Gasteiger charge is -2.31. The van der Waals surface area contributed by atoms with E-state index in [-0.39, 0.29) is 12.0 Å². The fourth-order valence-electron chi connectivity index (χ4n) is 4.21. The smallest absolute Gasteiger partial charge is 0.255 e. The first-order valence-corrected chi connectivity index (χ1v) is 11.7. The van der Waals surface area contributed by atoms with Gasteiger partial charge >= 0.3 is 0 Å². The first kappa shape index (κ1) is 22.7. The van der Waals surface area contributed by atoms with Crippen molar-refractivity contribution in [3.05, 3.63) is 81.1 Å². The number of ether oxygens (including phenoxy) is 1. The second kappa shape index (κ2) is 9.98. The number of nitrogens with zero attached hydrogens (tertiary/aromatic N) is 3. The van der Waals surface area contributed by atoms with Crippen molar-refractivity contribution < 1.29 is 9.53 Å². The summed E-state index contributed by atoms with van der Waals surface area (Å²) in [7, 11) is 0. The van der Waals surface area contributed by atoms with Crippen molar-refractivity contribution in [2.45, 2.75) is 40.0 Å². The number of benzene rings is 2. The monoisotopic (exact) mass is 496 g/mol. The molecule has 0 radical (unpaired) electrons. The number of aryl methyl sites for hydroxylation is 1. The lowest BCUT2D eigenvalue weighted by molar-refractivity contribution is -0.0212. The van der Waals surface area contributed by atoms with Crippen LogP contribution in [0.5, 0.6) is 0 Å². The maximum atomic E-state index is 13.0. The van der Waals surface area contributed by atoms with Crippen LogP contribution in [0.3, 0.4) is 0 Å². The number of halogens is 1. The van der Waals surface area contributed by atoms with Gasteiger partial charge < -0.3 is 10.1 Å². The molecule has 7 heteroatoms. The third-order valence-corrected chi connectivity index (χ3v) is 6.29. The molecule has 6 nitrogen and oxygen atoms in total. The Hall–Kier alpha value is -2.48. The van der Waals surface area contributed by atoms with Crippen LogP contribution in [0.25, 0.3) is 5.69 Å².